The zero-order valence-electron chi connectivity index (χ0n) is 8.67. The van der Waals surface area contributed by atoms with Gasteiger partial charge in [0.15, 0.2) is 10.9 Å². The van der Waals surface area contributed by atoms with Crippen molar-refractivity contribution in [2.45, 2.75) is 6.54 Å². The summed E-state index contributed by atoms with van der Waals surface area (Å²) in [5.41, 5.74) is 6.40. The Labute approximate surface area is 96.5 Å². The smallest absolute Gasteiger partial charge is 0.257 e. The quantitative estimate of drug-likeness (QED) is 0.829. The summed E-state index contributed by atoms with van der Waals surface area (Å²) in [4.78, 5) is 12.3. The van der Waals surface area contributed by atoms with Crippen LogP contribution < -0.4 is 15.8 Å². The van der Waals surface area contributed by atoms with E-state index in [-0.39, 0.29) is 0 Å². The second-order valence-corrected chi connectivity index (χ2v) is 3.83. The topological polar surface area (TPSA) is 86.0 Å². The molecule has 0 fully saturated rings. The molecule has 0 aliphatic carbocycles. The van der Waals surface area contributed by atoms with Crippen LogP contribution in [0.5, 0.6) is 5.88 Å². The van der Waals surface area contributed by atoms with Crippen LogP contribution in [0.4, 0.5) is 10.9 Å². The fourth-order valence-electron chi connectivity index (χ4n) is 1.17. The van der Waals surface area contributed by atoms with E-state index >= 15 is 0 Å². The molecule has 0 saturated heterocycles. The Bertz CT molecular complexity index is 472. The molecule has 0 spiro atoms. The number of nitrogens with two attached hydrogens (primary N) is 1. The Morgan fingerprint density at radius 3 is 2.94 bits per heavy atom. The summed E-state index contributed by atoms with van der Waals surface area (Å²) < 4.78 is 5.06. The Morgan fingerprint density at radius 2 is 2.25 bits per heavy atom. The average molecular weight is 237 g/mol. The maximum atomic E-state index is 5.53. The van der Waals surface area contributed by atoms with E-state index in [0.717, 1.165) is 5.69 Å². The van der Waals surface area contributed by atoms with Gasteiger partial charge in [-0.2, -0.15) is 0 Å². The number of hydrogen-bond acceptors (Lipinski definition) is 7. The van der Waals surface area contributed by atoms with Gasteiger partial charge in [0.2, 0.25) is 0 Å². The molecule has 0 aliphatic rings. The lowest BCUT2D eigenvalue weighted by atomic mass is 10.5. The Morgan fingerprint density at radius 1 is 1.44 bits per heavy atom. The predicted molar refractivity (Wildman–Crippen MR) is 62.4 cm³/mol. The van der Waals surface area contributed by atoms with Crippen molar-refractivity contribution in [1.29, 1.82) is 0 Å². The molecule has 0 radical (unpaired) electrons. The number of hydrogen-bond donors (Lipinski definition) is 2. The Balaban J connectivity index is 2.04. The molecule has 0 amide bonds. The van der Waals surface area contributed by atoms with Crippen LogP contribution in [0.2, 0.25) is 0 Å². The number of nitrogens with zero attached hydrogens (tertiary/aromatic N) is 3. The van der Waals surface area contributed by atoms with E-state index in [2.05, 4.69) is 20.3 Å². The van der Waals surface area contributed by atoms with Crippen molar-refractivity contribution in [2.24, 2.45) is 0 Å². The van der Waals surface area contributed by atoms with Gasteiger partial charge in [-0.1, -0.05) is 0 Å². The van der Waals surface area contributed by atoms with E-state index in [4.69, 9.17) is 10.5 Å². The van der Waals surface area contributed by atoms with Gasteiger partial charge in [-0.15, -0.1) is 11.3 Å². The summed E-state index contributed by atoms with van der Waals surface area (Å²) in [6, 6.07) is 0. The number of rotatable bonds is 4. The summed E-state index contributed by atoms with van der Waals surface area (Å²) in [6.45, 7) is 0.544. The molecular formula is C9H11N5OS. The van der Waals surface area contributed by atoms with E-state index in [9.17, 15) is 0 Å². The van der Waals surface area contributed by atoms with Gasteiger partial charge >= 0.3 is 0 Å². The summed E-state index contributed by atoms with van der Waals surface area (Å²) in [6.07, 6.45) is 3.17. The molecule has 0 saturated carbocycles. The minimum atomic E-state index is 0.464. The van der Waals surface area contributed by atoms with Crippen LogP contribution in [0.3, 0.4) is 0 Å². The number of methoxy groups -OCH3 is 1. The monoisotopic (exact) mass is 237 g/mol. The second-order valence-electron chi connectivity index (χ2n) is 2.94. The molecule has 2 aromatic rings. The van der Waals surface area contributed by atoms with Gasteiger partial charge in [-0.05, 0) is 0 Å². The number of nitrogen functional groups attached to an aromatic ring is 1. The molecule has 3 N–H and O–H groups in total. The van der Waals surface area contributed by atoms with Crippen LogP contribution in [0.25, 0.3) is 0 Å². The molecule has 16 heavy (non-hydrogen) atoms. The van der Waals surface area contributed by atoms with Crippen molar-refractivity contribution in [2.75, 3.05) is 18.2 Å². The molecule has 0 atom stereocenters. The van der Waals surface area contributed by atoms with E-state index in [1.165, 1.54) is 11.3 Å². The first kappa shape index (κ1) is 10.6. The number of thiazole rings is 1. The SMILES string of the molecule is COc1nccnc1NCc1csc(N)n1. The number of aromatic nitrogens is 3. The third-order valence-electron chi connectivity index (χ3n) is 1.86. The van der Waals surface area contributed by atoms with Crippen molar-refractivity contribution < 1.29 is 4.74 Å². The van der Waals surface area contributed by atoms with Gasteiger partial charge in [0.1, 0.15) is 0 Å². The number of nitrogens with one attached hydrogen (secondary N) is 1. The number of ether oxygens (including phenoxy) is 1. The highest BCUT2D eigenvalue weighted by atomic mass is 32.1. The van der Waals surface area contributed by atoms with E-state index in [1.54, 1.807) is 19.5 Å². The van der Waals surface area contributed by atoms with E-state index < -0.39 is 0 Å². The maximum absolute atomic E-state index is 5.53. The Kier molecular flexibility index (Phi) is 3.16. The standard InChI is InChI=1S/C9H11N5OS/c1-15-8-7(11-2-3-12-8)13-4-6-5-16-9(10)14-6/h2-3,5H,4H2,1H3,(H2,10,14)(H,11,13). The zero-order chi connectivity index (χ0) is 11.4. The lowest BCUT2D eigenvalue weighted by Gasteiger charge is -2.06. The van der Waals surface area contributed by atoms with Crippen molar-refractivity contribution in [3.05, 3.63) is 23.5 Å². The Hall–Kier alpha value is -1.89. The summed E-state index contributed by atoms with van der Waals surface area (Å²) in [7, 11) is 1.55. The first-order valence-corrected chi connectivity index (χ1v) is 5.46. The fourth-order valence-corrected chi connectivity index (χ4v) is 1.74. The van der Waals surface area contributed by atoms with Crippen LogP contribution >= 0.6 is 11.3 Å². The fraction of sp³-hybridized carbons (Fsp3) is 0.222. The molecule has 0 aliphatic heterocycles. The van der Waals surface area contributed by atoms with Crippen molar-refractivity contribution in [3.63, 3.8) is 0 Å². The third-order valence-corrected chi connectivity index (χ3v) is 2.59. The van der Waals surface area contributed by atoms with E-state index in [1.807, 2.05) is 5.38 Å². The average Bonchev–Trinajstić information content (AvgIpc) is 2.73. The normalized spacial score (nSPS) is 10.1. The summed E-state index contributed by atoms with van der Waals surface area (Å²) in [5, 5.41) is 5.54. The highest BCUT2D eigenvalue weighted by molar-refractivity contribution is 7.13. The van der Waals surface area contributed by atoms with Crippen molar-refractivity contribution in [1.82, 2.24) is 15.0 Å². The van der Waals surface area contributed by atoms with Crippen LogP contribution in [0, 0.1) is 0 Å². The molecule has 2 heterocycles. The van der Waals surface area contributed by atoms with Gasteiger partial charge in [-0.3, -0.25) is 0 Å². The molecule has 0 bridgehead atoms. The molecule has 7 heteroatoms. The highest BCUT2D eigenvalue weighted by Crippen LogP contribution is 2.18. The first-order chi connectivity index (χ1) is 7.79. The minimum absolute atomic E-state index is 0.464. The summed E-state index contributed by atoms with van der Waals surface area (Å²) >= 11 is 1.41. The van der Waals surface area contributed by atoms with Crippen LogP contribution in [0.1, 0.15) is 5.69 Å². The van der Waals surface area contributed by atoms with E-state index in [0.29, 0.717) is 23.4 Å². The molecule has 6 nitrogen and oxygen atoms in total. The molecule has 2 rings (SSSR count). The molecular weight excluding hydrogens is 226 g/mol. The lowest BCUT2D eigenvalue weighted by molar-refractivity contribution is 0.398. The first-order valence-electron chi connectivity index (χ1n) is 4.58. The van der Waals surface area contributed by atoms with Gasteiger partial charge in [-0.25, -0.2) is 15.0 Å². The van der Waals surface area contributed by atoms with Crippen molar-refractivity contribution >= 4 is 22.3 Å². The molecule has 2 aromatic heterocycles. The van der Waals surface area contributed by atoms with Gasteiger partial charge in [0.05, 0.1) is 19.3 Å². The zero-order valence-corrected chi connectivity index (χ0v) is 9.49. The van der Waals surface area contributed by atoms with Gasteiger partial charge < -0.3 is 15.8 Å². The van der Waals surface area contributed by atoms with Crippen LogP contribution in [-0.2, 0) is 6.54 Å². The molecule has 84 valence electrons. The lowest BCUT2D eigenvalue weighted by Crippen LogP contribution is -2.04. The van der Waals surface area contributed by atoms with Crippen LogP contribution in [-0.4, -0.2) is 22.1 Å². The van der Waals surface area contributed by atoms with Crippen molar-refractivity contribution in [3.8, 4) is 5.88 Å². The summed E-state index contributed by atoms with van der Waals surface area (Å²) in [5.74, 6) is 1.06. The third kappa shape index (κ3) is 2.37. The van der Waals surface area contributed by atoms with Gasteiger partial charge in [0, 0.05) is 17.8 Å². The predicted octanol–water partition coefficient (Wildman–Crippen LogP) is 1.14. The minimum Gasteiger partial charge on any atom is -0.478 e. The van der Waals surface area contributed by atoms with Crippen LogP contribution in [0.15, 0.2) is 17.8 Å². The second kappa shape index (κ2) is 4.75. The van der Waals surface area contributed by atoms with Gasteiger partial charge in [0.25, 0.3) is 5.88 Å². The number of anilines is 2. The largest absolute Gasteiger partial charge is 0.478 e. The molecule has 0 aromatic carbocycles. The highest BCUT2D eigenvalue weighted by Gasteiger charge is 2.05. The molecule has 0 unspecified atom stereocenters. The maximum Gasteiger partial charge on any atom is 0.257 e.